The van der Waals surface area contributed by atoms with Gasteiger partial charge < -0.3 is 10.5 Å². The van der Waals surface area contributed by atoms with Crippen LogP contribution in [0.5, 0.6) is 5.75 Å². The summed E-state index contributed by atoms with van der Waals surface area (Å²) < 4.78 is 19.3. The van der Waals surface area contributed by atoms with Gasteiger partial charge in [-0.3, -0.25) is 4.98 Å². The molecule has 2 N–H and O–H groups in total. The lowest BCUT2D eigenvalue weighted by molar-refractivity contribution is 0.352. The fourth-order valence-electron chi connectivity index (χ4n) is 2.26. The molecule has 3 rings (SSSR count). The van der Waals surface area contributed by atoms with Gasteiger partial charge in [-0.15, -0.1) is 0 Å². The Bertz CT molecular complexity index is 586. The zero-order valence-electron chi connectivity index (χ0n) is 9.77. The minimum absolute atomic E-state index is 0.251. The molecule has 2 heterocycles. The number of rotatable bonds is 2. The zero-order chi connectivity index (χ0) is 12.5. The number of hydrogen-bond donors (Lipinski definition) is 1. The van der Waals surface area contributed by atoms with Crippen LogP contribution in [0.3, 0.4) is 0 Å². The Balaban J connectivity index is 2.06. The number of halogens is 1. The van der Waals surface area contributed by atoms with Crippen molar-refractivity contribution in [1.29, 1.82) is 0 Å². The van der Waals surface area contributed by atoms with Crippen molar-refractivity contribution in [2.75, 3.05) is 6.61 Å². The maximum absolute atomic E-state index is 13.7. The van der Waals surface area contributed by atoms with Crippen LogP contribution in [-0.2, 0) is 6.42 Å². The first-order valence-electron chi connectivity index (χ1n) is 5.88. The number of fused-ring (bicyclic) bond motifs is 1. The SMILES string of the molecule is NC(c1cccc2c1OCC2)c1ncccc1F. The number of ether oxygens (including phenoxy) is 1. The highest BCUT2D eigenvalue weighted by Gasteiger charge is 2.23. The third-order valence-electron chi connectivity index (χ3n) is 3.16. The molecule has 92 valence electrons. The highest BCUT2D eigenvalue weighted by molar-refractivity contribution is 5.47. The first-order valence-corrected chi connectivity index (χ1v) is 5.88. The van der Waals surface area contributed by atoms with Gasteiger partial charge in [0.2, 0.25) is 0 Å². The molecule has 1 atom stereocenters. The third kappa shape index (κ3) is 1.75. The lowest BCUT2D eigenvalue weighted by atomic mass is 9.99. The zero-order valence-corrected chi connectivity index (χ0v) is 9.77. The van der Waals surface area contributed by atoms with E-state index in [0.717, 1.165) is 23.3 Å². The Kier molecular flexibility index (Phi) is 2.72. The summed E-state index contributed by atoms with van der Waals surface area (Å²) in [6.07, 6.45) is 2.42. The molecule has 0 aliphatic carbocycles. The van der Waals surface area contributed by atoms with Crippen LogP contribution in [0, 0.1) is 5.82 Å². The topological polar surface area (TPSA) is 48.1 Å². The van der Waals surface area contributed by atoms with Crippen molar-refractivity contribution in [1.82, 2.24) is 4.98 Å². The third-order valence-corrected chi connectivity index (χ3v) is 3.16. The molecule has 18 heavy (non-hydrogen) atoms. The van der Waals surface area contributed by atoms with E-state index in [9.17, 15) is 4.39 Å². The van der Waals surface area contributed by atoms with E-state index in [2.05, 4.69) is 4.98 Å². The van der Waals surface area contributed by atoms with Crippen molar-refractivity contribution < 1.29 is 9.13 Å². The van der Waals surface area contributed by atoms with E-state index in [1.54, 1.807) is 12.3 Å². The quantitative estimate of drug-likeness (QED) is 0.881. The minimum Gasteiger partial charge on any atom is -0.493 e. The first-order chi connectivity index (χ1) is 8.77. The van der Waals surface area contributed by atoms with Crippen LogP contribution < -0.4 is 10.5 Å². The van der Waals surface area contributed by atoms with Gasteiger partial charge in [-0.25, -0.2) is 4.39 Å². The summed E-state index contributed by atoms with van der Waals surface area (Å²) in [6.45, 7) is 0.657. The van der Waals surface area contributed by atoms with E-state index in [1.807, 2.05) is 18.2 Å². The summed E-state index contributed by atoms with van der Waals surface area (Å²) in [5.41, 5.74) is 8.28. The van der Waals surface area contributed by atoms with Crippen molar-refractivity contribution in [3.63, 3.8) is 0 Å². The van der Waals surface area contributed by atoms with Crippen molar-refractivity contribution in [3.05, 3.63) is 59.2 Å². The number of nitrogens with zero attached hydrogens (tertiary/aromatic N) is 1. The van der Waals surface area contributed by atoms with Gasteiger partial charge in [0.1, 0.15) is 11.6 Å². The van der Waals surface area contributed by atoms with Crippen LogP contribution in [0.15, 0.2) is 36.5 Å². The smallest absolute Gasteiger partial charge is 0.146 e. The molecule has 1 aromatic heterocycles. The van der Waals surface area contributed by atoms with E-state index in [4.69, 9.17) is 10.5 Å². The van der Waals surface area contributed by atoms with Crippen molar-refractivity contribution >= 4 is 0 Å². The molecule has 1 aliphatic heterocycles. The summed E-state index contributed by atoms with van der Waals surface area (Å²) in [4.78, 5) is 4.02. The normalized spacial score (nSPS) is 15.0. The largest absolute Gasteiger partial charge is 0.493 e. The van der Waals surface area contributed by atoms with Crippen molar-refractivity contribution in [3.8, 4) is 5.75 Å². The van der Waals surface area contributed by atoms with Crippen LogP contribution in [0.2, 0.25) is 0 Å². The fraction of sp³-hybridized carbons (Fsp3) is 0.214. The van der Waals surface area contributed by atoms with Crippen LogP contribution in [-0.4, -0.2) is 11.6 Å². The van der Waals surface area contributed by atoms with Crippen LogP contribution in [0.1, 0.15) is 22.9 Å². The van der Waals surface area contributed by atoms with Gasteiger partial charge in [-0.1, -0.05) is 18.2 Å². The monoisotopic (exact) mass is 244 g/mol. The van der Waals surface area contributed by atoms with Gasteiger partial charge in [-0.05, 0) is 17.7 Å². The highest BCUT2D eigenvalue weighted by atomic mass is 19.1. The number of para-hydroxylation sites is 1. The summed E-state index contributed by atoms with van der Waals surface area (Å²) in [6, 6.07) is 8.11. The average molecular weight is 244 g/mol. The molecule has 0 saturated carbocycles. The standard InChI is InChI=1S/C14H13FN2O/c15-11-5-2-7-17-13(11)12(16)10-4-1-3-9-6-8-18-14(9)10/h1-5,7,12H,6,8,16H2. The van der Waals surface area contributed by atoms with Crippen molar-refractivity contribution in [2.45, 2.75) is 12.5 Å². The molecule has 3 nitrogen and oxygen atoms in total. The Labute approximate surface area is 104 Å². The molecular weight excluding hydrogens is 231 g/mol. The van der Waals surface area contributed by atoms with Gasteiger partial charge >= 0.3 is 0 Å². The Morgan fingerprint density at radius 3 is 3.00 bits per heavy atom. The molecule has 0 radical (unpaired) electrons. The van der Waals surface area contributed by atoms with Gasteiger partial charge in [0.15, 0.2) is 0 Å². The second kappa shape index (κ2) is 4.38. The Morgan fingerprint density at radius 2 is 2.17 bits per heavy atom. The summed E-state index contributed by atoms with van der Waals surface area (Å²) in [7, 11) is 0. The molecule has 1 aliphatic rings. The van der Waals surface area contributed by atoms with E-state index in [1.165, 1.54) is 6.07 Å². The first kappa shape index (κ1) is 11.2. The minimum atomic E-state index is -0.598. The van der Waals surface area contributed by atoms with E-state index < -0.39 is 6.04 Å². The van der Waals surface area contributed by atoms with Crippen LogP contribution in [0.4, 0.5) is 4.39 Å². The molecule has 0 bridgehead atoms. The average Bonchev–Trinajstić information content (AvgIpc) is 2.86. The molecule has 1 unspecified atom stereocenters. The van der Waals surface area contributed by atoms with Crippen LogP contribution in [0.25, 0.3) is 0 Å². The second-order valence-corrected chi connectivity index (χ2v) is 4.28. The van der Waals surface area contributed by atoms with Gasteiger partial charge in [-0.2, -0.15) is 0 Å². The maximum Gasteiger partial charge on any atom is 0.146 e. The number of benzene rings is 1. The molecule has 0 amide bonds. The van der Waals surface area contributed by atoms with Gasteiger partial charge in [0, 0.05) is 18.2 Å². The van der Waals surface area contributed by atoms with E-state index in [-0.39, 0.29) is 11.5 Å². The lowest BCUT2D eigenvalue weighted by Gasteiger charge is -2.15. The van der Waals surface area contributed by atoms with Crippen molar-refractivity contribution in [2.24, 2.45) is 5.73 Å². The number of pyridine rings is 1. The Hall–Kier alpha value is -1.94. The summed E-state index contributed by atoms with van der Waals surface area (Å²) in [5, 5.41) is 0. The lowest BCUT2D eigenvalue weighted by Crippen LogP contribution is -2.16. The summed E-state index contributed by atoms with van der Waals surface area (Å²) in [5.74, 6) is 0.399. The molecule has 4 heteroatoms. The number of nitrogens with two attached hydrogens (primary N) is 1. The number of hydrogen-bond acceptors (Lipinski definition) is 3. The number of aromatic nitrogens is 1. The van der Waals surface area contributed by atoms with E-state index in [0.29, 0.717) is 6.61 Å². The molecule has 0 fully saturated rings. The summed E-state index contributed by atoms with van der Waals surface area (Å²) >= 11 is 0. The fourth-order valence-corrected chi connectivity index (χ4v) is 2.26. The van der Waals surface area contributed by atoms with Gasteiger partial charge in [0.05, 0.1) is 18.3 Å². The molecule has 1 aromatic carbocycles. The second-order valence-electron chi connectivity index (χ2n) is 4.28. The molecule has 2 aromatic rings. The maximum atomic E-state index is 13.7. The predicted octanol–water partition coefficient (Wildman–Crippen LogP) is 2.20. The highest BCUT2D eigenvalue weighted by Crippen LogP contribution is 2.34. The van der Waals surface area contributed by atoms with Gasteiger partial charge in [0.25, 0.3) is 0 Å². The predicted molar refractivity (Wildman–Crippen MR) is 65.9 cm³/mol. The molecule has 0 spiro atoms. The van der Waals surface area contributed by atoms with E-state index >= 15 is 0 Å². The van der Waals surface area contributed by atoms with Crippen LogP contribution >= 0.6 is 0 Å². The molecular formula is C14H13FN2O. The Morgan fingerprint density at radius 1 is 1.28 bits per heavy atom. The molecule has 0 saturated heterocycles.